The van der Waals surface area contributed by atoms with Crippen molar-refractivity contribution in [2.75, 3.05) is 0 Å². The van der Waals surface area contributed by atoms with E-state index in [0.717, 1.165) is 25.7 Å². The fraction of sp³-hybridized carbons (Fsp3) is 0.786. The van der Waals surface area contributed by atoms with Crippen LogP contribution in [0, 0.1) is 0 Å². The normalized spacial score (nSPS) is 16.9. The number of aliphatic carboxylic acids is 1. The van der Waals surface area contributed by atoms with Crippen molar-refractivity contribution in [3.8, 4) is 0 Å². The SMILES string of the molecule is O=C(O)CCCCCC=C1CCCCCC1. The van der Waals surface area contributed by atoms with Gasteiger partial charge in [-0.2, -0.15) is 0 Å². The maximum Gasteiger partial charge on any atom is 0.303 e. The predicted octanol–water partition coefficient (Wildman–Crippen LogP) is 4.30. The van der Waals surface area contributed by atoms with Crippen molar-refractivity contribution in [1.82, 2.24) is 0 Å². The zero-order valence-corrected chi connectivity index (χ0v) is 10.2. The molecule has 1 fully saturated rings. The molecule has 0 unspecified atom stereocenters. The average Bonchev–Trinajstić information content (AvgIpc) is 2.51. The van der Waals surface area contributed by atoms with Crippen LogP contribution in [0.2, 0.25) is 0 Å². The number of hydrogen-bond donors (Lipinski definition) is 1. The minimum atomic E-state index is -0.665. The number of carboxylic acids is 1. The number of rotatable bonds is 6. The summed E-state index contributed by atoms with van der Waals surface area (Å²) >= 11 is 0. The molecule has 1 N–H and O–H groups in total. The molecule has 0 aromatic heterocycles. The van der Waals surface area contributed by atoms with Crippen LogP contribution < -0.4 is 0 Å². The second-order valence-electron chi connectivity index (χ2n) is 4.77. The average molecular weight is 224 g/mol. The molecule has 1 aliphatic rings. The Morgan fingerprint density at radius 2 is 1.75 bits per heavy atom. The van der Waals surface area contributed by atoms with Crippen molar-refractivity contribution in [3.63, 3.8) is 0 Å². The largest absolute Gasteiger partial charge is 0.481 e. The highest BCUT2D eigenvalue weighted by molar-refractivity contribution is 5.66. The highest BCUT2D eigenvalue weighted by Gasteiger charge is 2.03. The zero-order chi connectivity index (χ0) is 11.6. The van der Waals surface area contributed by atoms with Gasteiger partial charge < -0.3 is 5.11 Å². The van der Waals surface area contributed by atoms with E-state index in [1.165, 1.54) is 38.5 Å². The first-order valence-electron chi connectivity index (χ1n) is 6.69. The molecule has 0 bridgehead atoms. The lowest BCUT2D eigenvalue weighted by Crippen LogP contribution is -1.93. The minimum absolute atomic E-state index is 0.330. The lowest BCUT2D eigenvalue weighted by Gasteiger charge is -2.02. The molecule has 1 aliphatic carbocycles. The second-order valence-corrected chi connectivity index (χ2v) is 4.77. The Balaban J connectivity index is 2.03. The van der Waals surface area contributed by atoms with Crippen molar-refractivity contribution >= 4 is 5.97 Å². The van der Waals surface area contributed by atoms with Crippen LogP contribution in [0.5, 0.6) is 0 Å². The predicted molar refractivity (Wildman–Crippen MR) is 66.5 cm³/mol. The standard InChI is InChI=1S/C14H24O2/c15-14(16)12-8-4-3-7-11-13-9-5-1-2-6-10-13/h11H,1-10,12H2,(H,15,16). The smallest absolute Gasteiger partial charge is 0.303 e. The van der Waals surface area contributed by atoms with Gasteiger partial charge in [-0.05, 0) is 44.9 Å². The molecule has 0 aliphatic heterocycles. The summed E-state index contributed by atoms with van der Waals surface area (Å²) in [7, 11) is 0. The number of allylic oxidation sites excluding steroid dienone is 2. The molecule has 1 rings (SSSR count). The van der Waals surface area contributed by atoms with E-state index in [1.54, 1.807) is 5.57 Å². The van der Waals surface area contributed by atoms with Crippen molar-refractivity contribution in [2.45, 2.75) is 70.6 Å². The molecule has 0 radical (unpaired) electrons. The first kappa shape index (κ1) is 13.3. The summed E-state index contributed by atoms with van der Waals surface area (Å²) in [4.78, 5) is 10.3. The molecule has 0 atom stereocenters. The van der Waals surface area contributed by atoms with Crippen LogP contribution in [0.4, 0.5) is 0 Å². The van der Waals surface area contributed by atoms with E-state index >= 15 is 0 Å². The molecule has 0 aromatic carbocycles. The summed E-state index contributed by atoms with van der Waals surface area (Å²) in [5.41, 5.74) is 1.65. The summed E-state index contributed by atoms with van der Waals surface area (Å²) in [6, 6.07) is 0. The Morgan fingerprint density at radius 3 is 2.38 bits per heavy atom. The third-order valence-electron chi connectivity index (χ3n) is 3.27. The maximum absolute atomic E-state index is 10.3. The summed E-state index contributed by atoms with van der Waals surface area (Å²) in [6.45, 7) is 0. The van der Waals surface area contributed by atoms with Crippen LogP contribution in [-0.2, 0) is 4.79 Å². The van der Waals surface area contributed by atoms with E-state index in [-0.39, 0.29) is 0 Å². The monoisotopic (exact) mass is 224 g/mol. The molecule has 92 valence electrons. The van der Waals surface area contributed by atoms with Crippen LogP contribution >= 0.6 is 0 Å². The van der Waals surface area contributed by atoms with Crippen LogP contribution in [0.3, 0.4) is 0 Å². The molecule has 0 saturated heterocycles. The highest BCUT2D eigenvalue weighted by atomic mass is 16.4. The van der Waals surface area contributed by atoms with Crippen molar-refractivity contribution in [2.24, 2.45) is 0 Å². The van der Waals surface area contributed by atoms with Crippen molar-refractivity contribution in [1.29, 1.82) is 0 Å². The highest BCUT2D eigenvalue weighted by Crippen LogP contribution is 2.22. The Kier molecular flexibility index (Phi) is 6.95. The molecule has 0 heterocycles. The zero-order valence-electron chi connectivity index (χ0n) is 10.2. The Hall–Kier alpha value is -0.790. The number of unbranched alkanes of at least 4 members (excludes halogenated alkanes) is 3. The Bertz CT molecular complexity index is 221. The third kappa shape index (κ3) is 6.65. The summed E-state index contributed by atoms with van der Waals surface area (Å²) in [5.74, 6) is -0.665. The summed E-state index contributed by atoms with van der Waals surface area (Å²) in [6.07, 6.45) is 15.1. The number of carbonyl (C=O) groups is 1. The summed E-state index contributed by atoms with van der Waals surface area (Å²) < 4.78 is 0. The lowest BCUT2D eigenvalue weighted by molar-refractivity contribution is -0.137. The molecular weight excluding hydrogens is 200 g/mol. The number of carboxylic acid groups (broad SMARTS) is 1. The van der Waals surface area contributed by atoms with Crippen molar-refractivity contribution in [3.05, 3.63) is 11.6 Å². The van der Waals surface area contributed by atoms with Gasteiger partial charge in [0.2, 0.25) is 0 Å². The van der Waals surface area contributed by atoms with Gasteiger partial charge in [0.1, 0.15) is 0 Å². The molecule has 0 amide bonds. The van der Waals surface area contributed by atoms with Gasteiger partial charge in [0.15, 0.2) is 0 Å². The fourth-order valence-corrected chi connectivity index (χ4v) is 2.29. The van der Waals surface area contributed by atoms with E-state index in [0.29, 0.717) is 6.42 Å². The molecule has 0 spiro atoms. The molecule has 2 heteroatoms. The van der Waals surface area contributed by atoms with Gasteiger partial charge in [-0.3, -0.25) is 4.79 Å². The summed E-state index contributed by atoms with van der Waals surface area (Å²) in [5, 5.41) is 8.49. The molecule has 1 saturated carbocycles. The van der Waals surface area contributed by atoms with Crippen LogP contribution in [0.25, 0.3) is 0 Å². The first-order valence-corrected chi connectivity index (χ1v) is 6.69. The van der Waals surface area contributed by atoms with Gasteiger partial charge in [-0.15, -0.1) is 0 Å². The first-order chi connectivity index (χ1) is 7.79. The maximum atomic E-state index is 10.3. The number of hydrogen-bond acceptors (Lipinski definition) is 1. The van der Waals surface area contributed by atoms with Gasteiger partial charge in [0, 0.05) is 6.42 Å². The van der Waals surface area contributed by atoms with E-state index < -0.39 is 5.97 Å². The topological polar surface area (TPSA) is 37.3 Å². The van der Waals surface area contributed by atoms with Crippen molar-refractivity contribution < 1.29 is 9.90 Å². The lowest BCUT2D eigenvalue weighted by atomic mass is 10.0. The van der Waals surface area contributed by atoms with Crippen LogP contribution in [-0.4, -0.2) is 11.1 Å². The second kappa shape index (κ2) is 8.37. The quantitative estimate of drug-likeness (QED) is 0.415. The van der Waals surface area contributed by atoms with Gasteiger partial charge in [0.25, 0.3) is 0 Å². The van der Waals surface area contributed by atoms with Gasteiger partial charge in [0.05, 0.1) is 0 Å². The third-order valence-corrected chi connectivity index (χ3v) is 3.27. The van der Waals surface area contributed by atoms with E-state index in [1.807, 2.05) is 0 Å². The molecule has 2 nitrogen and oxygen atoms in total. The molecule has 16 heavy (non-hydrogen) atoms. The van der Waals surface area contributed by atoms with E-state index in [2.05, 4.69) is 6.08 Å². The Labute approximate surface area is 98.7 Å². The molecular formula is C14H24O2. The van der Waals surface area contributed by atoms with Crippen LogP contribution in [0.1, 0.15) is 70.6 Å². The minimum Gasteiger partial charge on any atom is -0.481 e. The molecule has 0 aromatic rings. The van der Waals surface area contributed by atoms with Gasteiger partial charge >= 0.3 is 5.97 Å². The van der Waals surface area contributed by atoms with Gasteiger partial charge in [-0.25, -0.2) is 0 Å². The van der Waals surface area contributed by atoms with Crippen LogP contribution in [0.15, 0.2) is 11.6 Å². The fourth-order valence-electron chi connectivity index (χ4n) is 2.29. The van der Waals surface area contributed by atoms with Gasteiger partial charge in [-0.1, -0.05) is 30.9 Å². The Morgan fingerprint density at radius 1 is 1.06 bits per heavy atom. The van der Waals surface area contributed by atoms with E-state index in [4.69, 9.17) is 5.11 Å². The van der Waals surface area contributed by atoms with E-state index in [9.17, 15) is 4.79 Å².